The van der Waals surface area contributed by atoms with E-state index in [0.29, 0.717) is 0 Å². The Labute approximate surface area is 56.4 Å². The summed E-state index contributed by atoms with van der Waals surface area (Å²) in [5.74, 6) is -2.11. The van der Waals surface area contributed by atoms with Crippen molar-refractivity contribution in [2.75, 3.05) is 0 Å². The molecule has 0 saturated heterocycles. The van der Waals surface area contributed by atoms with Gasteiger partial charge in [-0.15, -0.1) is 0 Å². The third kappa shape index (κ3) is 5.43. The van der Waals surface area contributed by atoms with Crippen LogP contribution in [0.2, 0.25) is 0 Å². The van der Waals surface area contributed by atoms with E-state index in [9.17, 15) is 9.90 Å². The second kappa shape index (κ2) is 2.13. The number of carbonyl (C=O) groups is 1. The molecule has 0 saturated carbocycles. The summed E-state index contributed by atoms with van der Waals surface area (Å²) in [5.41, 5.74) is -3.20. The summed E-state index contributed by atoms with van der Waals surface area (Å²) in [6.45, 7) is -4.53. The molecule has 0 fully saturated rings. The lowest BCUT2D eigenvalue weighted by Crippen LogP contribution is -2.22. The average molecular weight is 124 g/mol. The first-order valence-electron chi connectivity index (χ1n) is 4.96. The van der Waals surface area contributed by atoms with Crippen LogP contribution < -0.4 is 0 Å². The second-order valence-corrected chi connectivity index (χ2v) is 1.29. The molecule has 0 heterocycles. The van der Waals surface area contributed by atoms with Gasteiger partial charge >= 0.3 is 5.97 Å². The molecule has 0 aliphatic carbocycles. The normalized spacial score (nSPS) is 31.6. The van der Waals surface area contributed by atoms with Crippen molar-refractivity contribution in [2.45, 2.75) is 25.7 Å². The number of carboxylic acids is 1. The Hall–Kier alpha value is -0.570. The van der Waals surface area contributed by atoms with Gasteiger partial charge in [0.25, 0.3) is 0 Å². The molecule has 0 aromatic carbocycles. The van der Waals surface area contributed by atoms with Crippen molar-refractivity contribution in [3.05, 3.63) is 0 Å². The van der Waals surface area contributed by atoms with E-state index >= 15 is 0 Å². The molecule has 2 N–H and O–H groups in total. The summed E-state index contributed by atoms with van der Waals surface area (Å²) in [6.07, 6.45) is -3.39. The minimum absolute atomic E-state index is 1.26. The van der Waals surface area contributed by atoms with E-state index in [1.807, 2.05) is 0 Å². The molecule has 3 heteroatoms. The molecule has 0 bridgehead atoms. The zero-order valence-corrected chi connectivity index (χ0v) is 4.01. The standard InChI is InChI=1S/C5H10O3/c1-5(2,8)3-4(6)7/h8H,3H2,1-2H3,(H,6,7)/i1D,2D3,3D2. The third-order valence-electron chi connectivity index (χ3n) is 0.314. The van der Waals surface area contributed by atoms with Crippen LogP contribution in [0.5, 0.6) is 0 Å². The summed E-state index contributed by atoms with van der Waals surface area (Å²) in [5, 5.41) is 17.8. The Morgan fingerprint density at radius 1 is 2.12 bits per heavy atom. The lowest BCUT2D eigenvalue weighted by molar-refractivity contribution is -0.141. The molecule has 1 unspecified atom stereocenters. The second-order valence-electron chi connectivity index (χ2n) is 1.29. The molecule has 0 amide bonds. The fourth-order valence-corrected chi connectivity index (χ4v) is 0.177. The zero-order valence-electron chi connectivity index (χ0n) is 10.0. The van der Waals surface area contributed by atoms with Gasteiger partial charge in [0.1, 0.15) is 0 Å². The monoisotopic (exact) mass is 124 g/mol. The smallest absolute Gasteiger partial charge is 0.306 e. The lowest BCUT2D eigenvalue weighted by atomic mass is 10.1. The maximum absolute atomic E-state index is 10.4. The minimum Gasteiger partial charge on any atom is -0.481 e. The van der Waals surface area contributed by atoms with E-state index in [1.165, 1.54) is 0 Å². The van der Waals surface area contributed by atoms with Gasteiger partial charge in [0.2, 0.25) is 0 Å². The first-order valence-corrected chi connectivity index (χ1v) is 1.75. The highest BCUT2D eigenvalue weighted by Gasteiger charge is 2.16. The molecule has 0 aliphatic rings. The quantitative estimate of drug-likeness (QED) is 0.554. The molecule has 3 nitrogen and oxygen atoms in total. The van der Waals surface area contributed by atoms with Crippen molar-refractivity contribution in [3.63, 3.8) is 0 Å². The predicted molar refractivity (Wildman–Crippen MR) is 28.6 cm³/mol. The molecule has 48 valence electrons. The van der Waals surface area contributed by atoms with E-state index in [1.54, 1.807) is 0 Å². The summed E-state index contributed by atoms with van der Waals surface area (Å²) in [7, 11) is 0. The van der Waals surface area contributed by atoms with Gasteiger partial charge in [0.15, 0.2) is 0 Å². The highest BCUT2D eigenvalue weighted by molar-refractivity contribution is 5.67. The van der Waals surface area contributed by atoms with Gasteiger partial charge in [-0.3, -0.25) is 4.79 Å². The van der Waals surface area contributed by atoms with Crippen LogP contribution in [0.4, 0.5) is 0 Å². The van der Waals surface area contributed by atoms with Crippen molar-refractivity contribution < 1.29 is 23.2 Å². The van der Waals surface area contributed by atoms with Crippen LogP contribution in [0, 0.1) is 0 Å². The topological polar surface area (TPSA) is 57.5 Å². The molecular weight excluding hydrogens is 108 g/mol. The minimum atomic E-state index is -3.39. The van der Waals surface area contributed by atoms with Crippen molar-refractivity contribution >= 4 is 5.97 Å². The van der Waals surface area contributed by atoms with Crippen LogP contribution in [0.1, 0.15) is 28.3 Å². The van der Waals surface area contributed by atoms with Gasteiger partial charge in [-0.1, -0.05) is 0 Å². The molecule has 1 atom stereocenters. The summed E-state index contributed by atoms with van der Waals surface area (Å²) >= 11 is 0. The van der Waals surface area contributed by atoms with Crippen LogP contribution in [0.15, 0.2) is 0 Å². The van der Waals surface area contributed by atoms with E-state index < -0.39 is 31.7 Å². The lowest BCUT2D eigenvalue weighted by Gasteiger charge is -2.12. The summed E-state index contributed by atoms with van der Waals surface area (Å²) in [4.78, 5) is 10.4. The number of aliphatic hydroxyl groups is 1. The fraction of sp³-hybridized carbons (Fsp3) is 0.800. The van der Waals surface area contributed by atoms with Crippen LogP contribution >= 0.6 is 0 Å². The first-order chi connectivity index (χ1) is 6.00. The largest absolute Gasteiger partial charge is 0.481 e. The molecule has 0 spiro atoms. The molecular formula is C5H10O3. The van der Waals surface area contributed by atoms with Crippen molar-refractivity contribution in [2.24, 2.45) is 0 Å². The van der Waals surface area contributed by atoms with Gasteiger partial charge in [-0.25, -0.2) is 0 Å². The van der Waals surface area contributed by atoms with Crippen LogP contribution in [-0.2, 0) is 4.79 Å². The van der Waals surface area contributed by atoms with Crippen molar-refractivity contribution in [1.29, 1.82) is 0 Å². The molecule has 8 heavy (non-hydrogen) atoms. The van der Waals surface area contributed by atoms with Gasteiger partial charge in [0, 0.05) is 8.22 Å². The highest BCUT2D eigenvalue weighted by atomic mass is 16.4. The first kappa shape index (κ1) is 1.99. The molecule has 0 aromatic heterocycles. The molecule has 0 rings (SSSR count). The Morgan fingerprint density at radius 2 is 2.75 bits per heavy atom. The van der Waals surface area contributed by atoms with Gasteiger partial charge in [-0.05, 0) is 13.8 Å². The molecule has 0 radical (unpaired) electrons. The Balaban J connectivity index is 5.36. The van der Waals surface area contributed by atoms with Crippen molar-refractivity contribution in [1.82, 2.24) is 0 Å². The van der Waals surface area contributed by atoms with Gasteiger partial charge in [0.05, 0.1) is 12.0 Å². The van der Waals surface area contributed by atoms with Crippen LogP contribution in [0.3, 0.4) is 0 Å². The predicted octanol–water partition coefficient (Wildman–Crippen LogP) is 0.232. The number of carboxylic acid groups (broad SMARTS) is 1. The third-order valence-corrected chi connectivity index (χ3v) is 0.314. The van der Waals surface area contributed by atoms with Crippen molar-refractivity contribution in [3.8, 4) is 0 Å². The summed E-state index contributed by atoms with van der Waals surface area (Å²) < 4.78 is 41.0. The Kier molecular flexibility index (Phi) is 0.530. The van der Waals surface area contributed by atoms with Crippen LogP contribution in [0.25, 0.3) is 0 Å². The Bertz CT molecular complexity index is 236. The van der Waals surface area contributed by atoms with E-state index in [2.05, 4.69) is 0 Å². The van der Waals surface area contributed by atoms with E-state index in [4.69, 9.17) is 13.3 Å². The van der Waals surface area contributed by atoms with E-state index in [-0.39, 0.29) is 0 Å². The van der Waals surface area contributed by atoms with Gasteiger partial charge in [-0.2, -0.15) is 0 Å². The number of hydrogen-bond acceptors (Lipinski definition) is 2. The maximum Gasteiger partial charge on any atom is 0.306 e. The maximum atomic E-state index is 10.4. The summed E-state index contributed by atoms with van der Waals surface area (Å²) in [6, 6.07) is 0. The SMILES string of the molecule is [2H]CC(O)(C([2H])([2H])[2H])C([2H])([2H])C(=O)O. The average Bonchev–Trinajstić information content (AvgIpc) is 2.00. The fourth-order valence-electron chi connectivity index (χ4n) is 0.177. The van der Waals surface area contributed by atoms with E-state index in [0.717, 1.165) is 0 Å². The highest BCUT2D eigenvalue weighted by Crippen LogP contribution is 2.05. The van der Waals surface area contributed by atoms with Gasteiger partial charge < -0.3 is 10.2 Å². The number of hydrogen-bond donors (Lipinski definition) is 2. The number of rotatable bonds is 2. The Morgan fingerprint density at radius 3 is 2.88 bits per heavy atom. The van der Waals surface area contributed by atoms with Crippen LogP contribution in [-0.4, -0.2) is 21.8 Å². The zero-order chi connectivity index (χ0) is 11.8. The molecule has 0 aliphatic heterocycles. The number of aliphatic carboxylic acids is 1. The molecule has 0 aromatic rings.